The Morgan fingerprint density at radius 3 is 2.68 bits per heavy atom. The van der Waals surface area contributed by atoms with Gasteiger partial charge in [-0.05, 0) is 18.2 Å². The van der Waals surface area contributed by atoms with Gasteiger partial charge in [0.2, 0.25) is 10.0 Å². The van der Waals surface area contributed by atoms with Gasteiger partial charge in [0, 0.05) is 31.2 Å². The molecular weight excluding hydrogens is 351 g/mol. The van der Waals surface area contributed by atoms with Gasteiger partial charge in [-0.15, -0.1) is 0 Å². The van der Waals surface area contributed by atoms with Crippen LogP contribution in [-0.4, -0.2) is 63.9 Å². The molecule has 1 atom stereocenters. The fraction of sp³-hybridized carbons (Fsp3) is 0.538. The summed E-state index contributed by atoms with van der Waals surface area (Å²) in [4.78, 5) is 1.93. The largest absolute Gasteiger partial charge is 0.390 e. The third-order valence-electron chi connectivity index (χ3n) is 3.26. The predicted octanol–water partition coefficient (Wildman–Crippen LogP) is 0.965. The quantitative estimate of drug-likeness (QED) is 0.781. The van der Waals surface area contributed by atoms with Crippen molar-refractivity contribution in [3.8, 4) is 0 Å². The minimum Gasteiger partial charge on any atom is -0.390 e. The zero-order valence-electron chi connectivity index (χ0n) is 11.8. The molecule has 0 radical (unpaired) electrons. The van der Waals surface area contributed by atoms with Gasteiger partial charge in [0.1, 0.15) is 4.90 Å². The molecule has 1 saturated heterocycles. The number of ether oxygens (including phenoxy) is 1. The highest BCUT2D eigenvalue weighted by Gasteiger charge is 2.21. The molecule has 1 heterocycles. The highest BCUT2D eigenvalue weighted by molar-refractivity contribution is 7.89. The number of aliphatic hydroxyl groups excluding tert-OH is 1. The topological polar surface area (TPSA) is 78.9 Å². The molecule has 124 valence electrons. The Kier molecular flexibility index (Phi) is 6.46. The van der Waals surface area contributed by atoms with Crippen LogP contribution in [0.1, 0.15) is 0 Å². The van der Waals surface area contributed by atoms with Gasteiger partial charge in [-0.3, -0.25) is 4.90 Å². The molecule has 0 aromatic heterocycles. The molecule has 2 rings (SSSR count). The second kappa shape index (κ2) is 7.92. The molecule has 6 nitrogen and oxygen atoms in total. The van der Waals surface area contributed by atoms with Crippen LogP contribution in [-0.2, 0) is 14.8 Å². The summed E-state index contributed by atoms with van der Waals surface area (Å²) in [6, 6.07) is 4.21. The summed E-state index contributed by atoms with van der Waals surface area (Å²) in [7, 11) is -3.82. The Hall–Kier alpha value is -0.410. The molecule has 1 aromatic rings. The number of halogens is 2. The first kappa shape index (κ1) is 17.9. The maximum Gasteiger partial charge on any atom is 0.242 e. The second-order valence-electron chi connectivity index (χ2n) is 4.99. The molecule has 1 aliphatic rings. The summed E-state index contributed by atoms with van der Waals surface area (Å²) in [5, 5.41) is 10.3. The number of nitrogens with one attached hydrogen (secondary N) is 1. The lowest BCUT2D eigenvalue weighted by atomic mass is 10.3. The van der Waals surface area contributed by atoms with Crippen molar-refractivity contribution in [2.45, 2.75) is 11.0 Å². The first-order valence-corrected chi connectivity index (χ1v) is 9.05. The van der Waals surface area contributed by atoms with Gasteiger partial charge in [-0.25, -0.2) is 13.1 Å². The van der Waals surface area contributed by atoms with Crippen molar-refractivity contribution in [1.29, 1.82) is 0 Å². The van der Waals surface area contributed by atoms with E-state index in [0.717, 1.165) is 13.1 Å². The van der Waals surface area contributed by atoms with E-state index in [9.17, 15) is 13.5 Å². The molecule has 0 saturated carbocycles. The van der Waals surface area contributed by atoms with Crippen molar-refractivity contribution in [2.75, 3.05) is 39.4 Å². The van der Waals surface area contributed by atoms with E-state index in [4.69, 9.17) is 27.9 Å². The maximum atomic E-state index is 12.2. The number of aliphatic hydroxyl groups is 1. The summed E-state index contributed by atoms with van der Waals surface area (Å²) in [6.45, 7) is 2.98. The van der Waals surface area contributed by atoms with E-state index in [0.29, 0.717) is 19.8 Å². The number of nitrogens with zero attached hydrogens (tertiary/aromatic N) is 1. The predicted molar refractivity (Wildman–Crippen MR) is 84.9 cm³/mol. The summed E-state index contributed by atoms with van der Waals surface area (Å²) < 4.78 is 32.0. The monoisotopic (exact) mass is 368 g/mol. The van der Waals surface area contributed by atoms with E-state index in [1.165, 1.54) is 18.2 Å². The van der Waals surface area contributed by atoms with Crippen LogP contribution in [0, 0.1) is 0 Å². The lowest BCUT2D eigenvalue weighted by Gasteiger charge is -2.28. The van der Waals surface area contributed by atoms with Gasteiger partial charge in [0.15, 0.2) is 0 Å². The van der Waals surface area contributed by atoms with E-state index < -0.39 is 16.1 Å². The molecule has 0 spiro atoms. The SMILES string of the molecule is O=S(=O)(NCC(O)CN1CCOCC1)c1cc(Cl)ccc1Cl. The van der Waals surface area contributed by atoms with Crippen molar-refractivity contribution in [1.82, 2.24) is 9.62 Å². The smallest absolute Gasteiger partial charge is 0.242 e. The summed E-state index contributed by atoms with van der Waals surface area (Å²) in [5.41, 5.74) is 0. The average molecular weight is 369 g/mol. The van der Waals surface area contributed by atoms with Gasteiger partial charge in [0.05, 0.1) is 24.3 Å². The highest BCUT2D eigenvalue weighted by atomic mass is 35.5. The third-order valence-corrected chi connectivity index (χ3v) is 5.40. The van der Waals surface area contributed by atoms with E-state index in [1.54, 1.807) is 0 Å². The minimum atomic E-state index is -3.82. The van der Waals surface area contributed by atoms with Crippen molar-refractivity contribution in [2.24, 2.45) is 0 Å². The number of sulfonamides is 1. The molecular formula is C13H18Cl2N2O4S. The highest BCUT2D eigenvalue weighted by Crippen LogP contribution is 2.24. The van der Waals surface area contributed by atoms with Gasteiger partial charge < -0.3 is 9.84 Å². The number of β-amino-alcohol motifs (C(OH)–C–C–N with tert-alkyl or cyclic N) is 1. The van der Waals surface area contributed by atoms with Gasteiger partial charge in [0.25, 0.3) is 0 Å². The average Bonchev–Trinajstić information content (AvgIpc) is 2.49. The minimum absolute atomic E-state index is 0.0829. The van der Waals surface area contributed by atoms with Crippen LogP contribution in [0.4, 0.5) is 0 Å². The van der Waals surface area contributed by atoms with Gasteiger partial charge >= 0.3 is 0 Å². The van der Waals surface area contributed by atoms with Crippen molar-refractivity contribution in [3.05, 3.63) is 28.2 Å². The van der Waals surface area contributed by atoms with Gasteiger partial charge in [-0.2, -0.15) is 0 Å². The number of morpholine rings is 1. The van der Waals surface area contributed by atoms with Crippen LogP contribution in [0.5, 0.6) is 0 Å². The van der Waals surface area contributed by atoms with E-state index >= 15 is 0 Å². The molecule has 1 fully saturated rings. The fourth-order valence-corrected chi connectivity index (χ4v) is 3.95. The van der Waals surface area contributed by atoms with Gasteiger partial charge in [-0.1, -0.05) is 23.2 Å². The third kappa shape index (κ3) is 5.06. The van der Waals surface area contributed by atoms with E-state index in [-0.39, 0.29) is 21.5 Å². The molecule has 0 aliphatic carbocycles. The Balaban J connectivity index is 1.92. The summed E-state index contributed by atoms with van der Waals surface area (Å²) >= 11 is 11.7. The summed E-state index contributed by atoms with van der Waals surface area (Å²) in [6.07, 6.45) is -0.814. The fourth-order valence-electron chi connectivity index (χ4n) is 2.11. The Labute approximate surface area is 140 Å². The number of hydrogen-bond acceptors (Lipinski definition) is 5. The molecule has 2 N–H and O–H groups in total. The number of rotatable bonds is 6. The molecule has 9 heteroatoms. The number of benzene rings is 1. The van der Waals surface area contributed by atoms with Crippen LogP contribution in [0.15, 0.2) is 23.1 Å². The molecule has 1 unspecified atom stereocenters. The lowest BCUT2D eigenvalue weighted by Crippen LogP contribution is -2.44. The van der Waals surface area contributed by atoms with E-state index in [2.05, 4.69) is 4.72 Å². The summed E-state index contributed by atoms with van der Waals surface area (Å²) in [5.74, 6) is 0. The van der Waals surface area contributed by atoms with Crippen molar-refractivity contribution < 1.29 is 18.3 Å². The standard InChI is InChI=1S/C13H18Cl2N2O4S/c14-10-1-2-12(15)13(7-10)22(19,20)16-8-11(18)9-17-3-5-21-6-4-17/h1-2,7,11,16,18H,3-6,8-9H2. The zero-order chi connectivity index (χ0) is 16.2. The Morgan fingerprint density at radius 2 is 2.00 bits per heavy atom. The molecule has 22 heavy (non-hydrogen) atoms. The van der Waals surface area contributed by atoms with Crippen LogP contribution in [0.2, 0.25) is 10.0 Å². The Bertz CT molecular complexity index is 606. The first-order chi connectivity index (χ1) is 10.4. The molecule has 0 amide bonds. The van der Waals surface area contributed by atoms with Crippen LogP contribution >= 0.6 is 23.2 Å². The number of hydrogen-bond donors (Lipinski definition) is 2. The van der Waals surface area contributed by atoms with Crippen LogP contribution in [0.3, 0.4) is 0 Å². The first-order valence-electron chi connectivity index (χ1n) is 6.81. The van der Waals surface area contributed by atoms with Crippen LogP contribution < -0.4 is 4.72 Å². The Morgan fingerprint density at radius 1 is 1.32 bits per heavy atom. The van der Waals surface area contributed by atoms with E-state index in [1.807, 2.05) is 4.90 Å². The van der Waals surface area contributed by atoms with Crippen LogP contribution in [0.25, 0.3) is 0 Å². The van der Waals surface area contributed by atoms with Crippen molar-refractivity contribution in [3.63, 3.8) is 0 Å². The normalized spacial score (nSPS) is 18.3. The maximum absolute atomic E-state index is 12.2. The molecule has 0 bridgehead atoms. The zero-order valence-corrected chi connectivity index (χ0v) is 14.2. The lowest BCUT2D eigenvalue weighted by molar-refractivity contribution is 0.0158. The second-order valence-corrected chi connectivity index (χ2v) is 7.57. The van der Waals surface area contributed by atoms with Crippen molar-refractivity contribution >= 4 is 33.2 Å². The molecule has 1 aromatic carbocycles. The molecule has 1 aliphatic heterocycles.